The van der Waals surface area contributed by atoms with Crippen LogP contribution in [0.15, 0.2) is 17.0 Å². The van der Waals surface area contributed by atoms with Crippen LogP contribution >= 0.6 is 0 Å². The highest BCUT2D eigenvalue weighted by molar-refractivity contribution is 7.90. The zero-order valence-electron chi connectivity index (χ0n) is 10.8. The summed E-state index contributed by atoms with van der Waals surface area (Å²) in [6, 6.07) is 2.27. The van der Waals surface area contributed by atoms with E-state index in [4.69, 9.17) is 9.84 Å². The molecule has 0 aliphatic carbocycles. The fourth-order valence-electron chi connectivity index (χ4n) is 1.68. The standard InChI is InChI=1S/C12H14O6S/c1-4-18-12(15)10-7(2)8(11(13)14)5-6-9(10)19(3,16)17/h5-6H,4H2,1-3H3,(H,13,14). The number of sulfone groups is 1. The zero-order valence-corrected chi connectivity index (χ0v) is 11.6. The number of benzene rings is 1. The van der Waals surface area contributed by atoms with Crippen molar-refractivity contribution in [2.24, 2.45) is 0 Å². The summed E-state index contributed by atoms with van der Waals surface area (Å²) in [6.07, 6.45) is 0.949. The first-order chi connectivity index (χ1) is 8.70. The number of rotatable bonds is 4. The molecule has 1 aromatic rings. The molecule has 0 fully saturated rings. The summed E-state index contributed by atoms with van der Waals surface area (Å²) in [7, 11) is -3.66. The second kappa shape index (κ2) is 5.40. The normalized spacial score (nSPS) is 11.1. The molecule has 0 bridgehead atoms. The van der Waals surface area contributed by atoms with Gasteiger partial charge in [-0.3, -0.25) is 0 Å². The van der Waals surface area contributed by atoms with Gasteiger partial charge in [0.15, 0.2) is 9.84 Å². The van der Waals surface area contributed by atoms with E-state index in [0.717, 1.165) is 18.4 Å². The van der Waals surface area contributed by atoms with Gasteiger partial charge in [0.25, 0.3) is 0 Å². The second-order valence-corrected chi connectivity index (χ2v) is 5.89. The molecule has 104 valence electrons. The third kappa shape index (κ3) is 3.11. The van der Waals surface area contributed by atoms with E-state index in [2.05, 4.69) is 0 Å². The summed E-state index contributed by atoms with van der Waals surface area (Å²) in [4.78, 5) is 22.6. The Morgan fingerprint density at radius 2 is 1.89 bits per heavy atom. The van der Waals surface area contributed by atoms with Crippen LogP contribution in [-0.2, 0) is 14.6 Å². The first-order valence-corrected chi connectivity index (χ1v) is 7.33. The van der Waals surface area contributed by atoms with Crippen molar-refractivity contribution in [3.63, 3.8) is 0 Å². The smallest absolute Gasteiger partial charge is 0.339 e. The number of esters is 1. The Hall–Kier alpha value is -1.89. The number of carboxylic acids is 1. The van der Waals surface area contributed by atoms with Crippen LogP contribution in [-0.4, -0.2) is 38.3 Å². The molecule has 0 aliphatic rings. The Morgan fingerprint density at radius 3 is 2.32 bits per heavy atom. The number of ether oxygens (including phenoxy) is 1. The molecule has 0 aromatic heterocycles. The second-order valence-electron chi connectivity index (χ2n) is 3.91. The number of carboxylic acid groups (broad SMARTS) is 1. The summed E-state index contributed by atoms with van der Waals surface area (Å²) in [5.74, 6) is -2.08. The van der Waals surface area contributed by atoms with Crippen LogP contribution in [0.4, 0.5) is 0 Å². The lowest BCUT2D eigenvalue weighted by Crippen LogP contribution is -2.16. The average Bonchev–Trinajstić information content (AvgIpc) is 2.26. The Balaban J connectivity index is 3.65. The number of carbonyl (C=O) groups excluding carboxylic acids is 1. The predicted molar refractivity (Wildman–Crippen MR) is 67.2 cm³/mol. The van der Waals surface area contributed by atoms with Crippen LogP contribution in [0.1, 0.15) is 33.2 Å². The summed E-state index contributed by atoms with van der Waals surface area (Å²) in [6.45, 7) is 3.03. The van der Waals surface area contributed by atoms with Gasteiger partial charge in [-0.2, -0.15) is 0 Å². The Morgan fingerprint density at radius 1 is 1.32 bits per heavy atom. The molecule has 0 radical (unpaired) electrons. The van der Waals surface area contributed by atoms with Crippen molar-refractivity contribution >= 4 is 21.8 Å². The van der Waals surface area contributed by atoms with E-state index >= 15 is 0 Å². The van der Waals surface area contributed by atoms with Gasteiger partial charge in [-0.25, -0.2) is 18.0 Å². The van der Waals surface area contributed by atoms with E-state index in [1.165, 1.54) is 6.92 Å². The third-order valence-electron chi connectivity index (χ3n) is 2.54. The topological polar surface area (TPSA) is 97.7 Å². The highest BCUT2D eigenvalue weighted by Gasteiger charge is 2.25. The summed E-state index contributed by atoms with van der Waals surface area (Å²) in [5, 5.41) is 8.99. The Kier molecular flexibility index (Phi) is 4.31. The molecule has 1 N–H and O–H groups in total. The highest BCUT2D eigenvalue weighted by atomic mass is 32.2. The van der Waals surface area contributed by atoms with Crippen molar-refractivity contribution in [2.75, 3.05) is 12.9 Å². The molecule has 7 heteroatoms. The molecular weight excluding hydrogens is 272 g/mol. The number of carbonyl (C=O) groups is 2. The van der Waals surface area contributed by atoms with Gasteiger partial charge in [-0.1, -0.05) is 0 Å². The molecule has 0 saturated heterocycles. The lowest BCUT2D eigenvalue weighted by Gasteiger charge is -2.12. The minimum Gasteiger partial charge on any atom is -0.478 e. The van der Waals surface area contributed by atoms with Gasteiger partial charge in [0.2, 0.25) is 0 Å². The fraction of sp³-hybridized carbons (Fsp3) is 0.333. The van der Waals surface area contributed by atoms with Crippen LogP contribution in [0.5, 0.6) is 0 Å². The first-order valence-electron chi connectivity index (χ1n) is 5.44. The van der Waals surface area contributed by atoms with E-state index in [1.807, 2.05) is 0 Å². The quantitative estimate of drug-likeness (QED) is 0.837. The molecule has 1 aromatic carbocycles. The van der Waals surface area contributed by atoms with Crippen LogP contribution in [0, 0.1) is 6.92 Å². The first kappa shape index (κ1) is 15.2. The van der Waals surface area contributed by atoms with Gasteiger partial charge in [0.05, 0.1) is 22.6 Å². The Labute approximate surface area is 110 Å². The number of hydrogen-bond donors (Lipinski definition) is 1. The molecule has 0 amide bonds. The van der Waals surface area contributed by atoms with E-state index in [-0.39, 0.29) is 28.2 Å². The molecular formula is C12H14O6S. The van der Waals surface area contributed by atoms with Crippen LogP contribution in [0.3, 0.4) is 0 Å². The molecule has 0 saturated carbocycles. The van der Waals surface area contributed by atoms with Crippen LogP contribution in [0.25, 0.3) is 0 Å². The van der Waals surface area contributed by atoms with E-state index < -0.39 is 21.8 Å². The lowest BCUT2D eigenvalue weighted by molar-refractivity contribution is 0.0521. The van der Waals surface area contributed by atoms with Crippen molar-refractivity contribution in [3.05, 3.63) is 28.8 Å². The number of aromatic carboxylic acids is 1. The summed E-state index contributed by atoms with van der Waals surface area (Å²) < 4.78 is 28.1. The van der Waals surface area contributed by atoms with Crippen molar-refractivity contribution < 1.29 is 27.9 Å². The van der Waals surface area contributed by atoms with Gasteiger partial charge in [0.1, 0.15) is 0 Å². The SMILES string of the molecule is CCOC(=O)c1c(S(C)(=O)=O)ccc(C(=O)O)c1C. The van der Waals surface area contributed by atoms with Crippen molar-refractivity contribution in [1.82, 2.24) is 0 Å². The minimum atomic E-state index is -3.66. The fourth-order valence-corrected chi connectivity index (χ4v) is 2.61. The van der Waals surface area contributed by atoms with Crippen LogP contribution < -0.4 is 0 Å². The van der Waals surface area contributed by atoms with Crippen molar-refractivity contribution in [1.29, 1.82) is 0 Å². The monoisotopic (exact) mass is 286 g/mol. The summed E-state index contributed by atoms with van der Waals surface area (Å²) in [5.41, 5.74) is -0.270. The predicted octanol–water partition coefficient (Wildman–Crippen LogP) is 1.27. The van der Waals surface area contributed by atoms with Crippen molar-refractivity contribution in [3.8, 4) is 0 Å². The van der Waals surface area contributed by atoms with Gasteiger partial charge >= 0.3 is 11.9 Å². The third-order valence-corrected chi connectivity index (χ3v) is 3.68. The van der Waals surface area contributed by atoms with E-state index in [0.29, 0.717) is 0 Å². The molecule has 6 nitrogen and oxygen atoms in total. The van der Waals surface area contributed by atoms with Crippen molar-refractivity contribution in [2.45, 2.75) is 18.7 Å². The van der Waals surface area contributed by atoms with Gasteiger partial charge in [0, 0.05) is 6.26 Å². The zero-order chi connectivity index (χ0) is 14.8. The maximum absolute atomic E-state index is 11.8. The molecule has 0 heterocycles. The molecule has 1 rings (SSSR count). The van der Waals surface area contributed by atoms with Gasteiger partial charge < -0.3 is 9.84 Å². The molecule has 0 spiro atoms. The minimum absolute atomic E-state index is 0.0682. The molecule has 0 atom stereocenters. The highest BCUT2D eigenvalue weighted by Crippen LogP contribution is 2.24. The van der Waals surface area contributed by atoms with Crippen LogP contribution in [0.2, 0.25) is 0 Å². The van der Waals surface area contributed by atoms with Gasteiger partial charge in [-0.05, 0) is 31.5 Å². The molecule has 0 unspecified atom stereocenters. The number of hydrogen-bond acceptors (Lipinski definition) is 5. The average molecular weight is 286 g/mol. The molecule has 0 aliphatic heterocycles. The van der Waals surface area contributed by atoms with E-state index in [9.17, 15) is 18.0 Å². The summed E-state index contributed by atoms with van der Waals surface area (Å²) >= 11 is 0. The van der Waals surface area contributed by atoms with E-state index in [1.54, 1.807) is 6.92 Å². The maximum atomic E-state index is 11.8. The Bertz CT molecular complexity index is 630. The van der Waals surface area contributed by atoms with Gasteiger partial charge in [-0.15, -0.1) is 0 Å². The lowest BCUT2D eigenvalue weighted by atomic mass is 10.0. The maximum Gasteiger partial charge on any atom is 0.339 e. The molecule has 19 heavy (non-hydrogen) atoms. The largest absolute Gasteiger partial charge is 0.478 e.